The van der Waals surface area contributed by atoms with Crippen LogP contribution in [0.2, 0.25) is 10.0 Å². The Balaban J connectivity index is 0.000000234. The van der Waals surface area contributed by atoms with E-state index >= 15 is 0 Å². The second-order valence-corrected chi connectivity index (χ2v) is 37.9. The molecule has 0 unspecified atom stereocenters. The molecule has 13 heterocycles. The number of likely N-dealkylation sites (tertiary alicyclic amines) is 4. The van der Waals surface area contributed by atoms with Crippen LogP contribution in [-0.2, 0) is 58.0 Å². The van der Waals surface area contributed by atoms with Crippen LogP contribution in [-0.4, -0.2) is 302 Å². The van der Waals surface area contributed by atoms with Gasteiger partial charge in [-0.3, -0.25) is 19.3 Å². The third-order valence-electron chi connectivity index (χ3n) is 28.6. The fourth-order valence-corrected chi connectivity index (χ4v) is 21.6. The van der Waals surface area contributed by atoms with Crippen molar-refractivity contribution in [2.24, 2.45) is 0 Å². The molecule has 3 amide bonds. The highest BCUT2D eigenvalue weighted by Crippen LogP contribution is 2.43. The molecule has 10 aliphatic heterocycles. The minimum Gasteiger partial charge on any atom is -0.492 e. The number of halogens is 3. The van der Waals surface area contributed by atoms with Crippen LogP contribution in [0.4, 0.5) is 38.9 Å². The van der Waals surface area contributed by atoms with Gasteiger partial charge in [0.05, 0.1) is 116 Å². The second kappa shape index (κ2) is 54.5. The van der Waals surface area contributed by atoms with Crippen LogP contribution in [0.25, 0.3) is 32.3 Å². The second-order valence-electron chi connectivity index (χ2n) is 37.1. The van der Waals surface area contributed by atoms with Gasteiger partial charge in [0.1, 0.15) is 43.4 Å². The van der Waals surface area contributed by atoms with Gasteiger partial charge in [-0.25, -0.2) is 4.39 Å². The Morgan fingerprint density at radius 2 is 0.792 bits per heavy atom. The van der Waals surface area contributed by atoms with E-state index in [1.165, 1.54) is 41.3 Å². The van der Waals surface area contributed by atoms with E-state index in [2.05, 4.69) is 182 Å². The SMILES string of the molecule is C.C.C=C(OC)C(=O)N1CCN(c2nc(OC[C@@H]3CCCN3C)nc3c2CCN(c2cccc4cccc(Cl)c24)C3)C[C@@H]1CC#N.CN1CCC[C@H]1COc1nc2c(c(N3CCN(C(=O)/C=C/CO)[C@@H](CC#N)C3)n1)CCN(c1cccc3cccc(Cl)c13)C2.Cc1cccc2cccc(N3CCc4c(nc(OC[C@@H]5CCCN5C)nc4N4CCN(C(=O)/C=C/CN5CC(F)C5)[C@@H](CC#N)C4)C3)c12.S.S.S.S.S.S. The molecular weight excluding hydrogens is 1980 g/mol. The Morgan fingerprint density at radius 1 is 0.451 bits per heavy atom. The van der Waals surface area contributed by atoms with Crippen molar-refractivity contribution >= 4 is 189 Å². The van der Waals surface area contributed by atoms with Crippen LogP contribution in [0.5, 0.6) is 18.0 Å². The molecule has 19 rings (SSSR count). The predicted molar refractivity (Wildman–Crippen MR) is 603 cm³/mol. The van der Waals surface area contributed by atoms with E-state index in [-0.39, 0.29) is 163 Å². The molecule has 39 heteroatoms. The molecule has 0 bridgehead atoms. The third-order valence-corrected chi connectivity index (χ3v) is 29.2. The number of piperazine rings is 3. The van der Waals surface area contributed by atoms with Crippen molar-refractivity contribution in [3.05, 3.63) is 195 Å². The average Bonchev–Trinajstić information content (AvgIpc) is 0.958. The summed E-state index contributed by atoms with van der Waals surface area (Å²) in [5.41, 5.74) is 10.7. The van der Waals surface area contributed by atoms with Gasteiger partial charge < -0.3 is 82.9 Å². The van der Waals surface area contributed by atoms with Crippen molar-refractivity contribution in [1.29, 1.82) is 15.8 Å². The maximum Gasteiger partial charge on any atom is 0.318 e. The van der Waals surface area contributed by atoms with Gasteiger partial charge in [-0.05, 0) is 158 Å². The lowest BCUT2D eigenvalue weighted by Crippen LogP contribution is -2.56. The normalized spacial score (nSPS) is 20.0. The lowest BCUT2D eigenvalue weighted by molar-refractivity contribution is -0.133. The quantitative estimate of drug-likeness (QED) is 0.0410. The van der Waals surface area contributed by atoms with Crippen LogP contribution in [0.3, 0.4) is 0 Å². The molecular formula is C105H141Cl2FN22O8S6. The number of nitriles is 3. The number of amides is 3. The number of nitrogens with zero attached hydrogens (tertiary/aromatic N) is 22. The van der Waals surface area contributed by atoms with E-state index < -0.39 is 6.17 Å². The number of anilines is 6. The Hall–Kier alpha value is -10.2. The number of hydrogen-bond donors (Lipinski definition) is 1. The number of rotatable bonds is 25. The van der Waals surface area contributed by atoms with E-state index in [9.17, 15) is 34.6 Å². The summed E-state index contributed by atoms with van der Waals surface area (Å²) in [6.07, 6.45) is 15.0. The lowest BCUT2D eigenvalue weighted by atomic mass is 9.99. The highest BCUT2D eigenvalue weighted by molar-refractivity contribution is 7.60. The summed E-state index contributed by atoms with van der Waals surface area (Å²) in [5, 5.41) is 46.3. The number of aliphatic hydroxyl groups is 1. The molecule has 7 saturated heterocycles. The van der Waals surface area contributed by atoms with Crippen LogP contribution < -0.4 is 43.6 Å². The van der Waals surface area contributed by atoms with Crippen molar-refractivity contribution in [2.45, 2.75) is 161 Å². The summed E-state index contributed by atoms with van der Waals surface area (Å²) in [6, 6.07) is 45.4. The first-order chi connectivity index (χ1) is 66.2. The first-order valence-electron chi connectivity index (χ1n) is 47.8. The number of aryl methyl sites for hydroxylation is 1. The van der Waals surface area contributed by atoms with Gasteiger partial charge in [0, 0.05) is 178 Å². The van der Waals surface area contributed by atoms with Gasteiger partial charge >= 0.3 is 18.0 Å². The fraction of sp³-hybridized carbons (Fsp3) is 0.486. The van der Waals surface area contributed by atoms with Crippen molar-refractivity contribution in [3.63, 3.8) is 0 Å². The maximum absolute atomic E-state index is 13.3. The Kier molecular flexibility index (Phi) is 44.4. The molecule has 30 nitrogen and oxygen atoms in total. The largest absolute Gasteiger partial charge is 0.492 e. The Labute approximate surface area is 899 Å². The fourth-order valence-electron chi connectivity index (χ4n) is 21.1. The molecule has 0 spiro atoms. The standard InChI is InChI=1S/C37H45FN8O2.2C33H38ClN7O3.2CH4.6H2S/c1-26-7-3-8-27-9-4-11-33(35(26)27)44-18-14-31-32(24-44)40-37(48-25-30-10-5-16-42(30)2)41-36(31)45-19-20-46(29(23-45)13-15-39)34(47)12-6-17-43-21-28(38)22-43;1-22(43-3)32(42)41-18-17-40(19-24(41)12-14-35)31-26-13-16-39(29-11-5-8-23-7-4-10-27(34)30(23)29)20-28(26)36-33(37-31)44-21-25-9-6-15-38(25)2;1-38-15-4-8-25(38)22-44-33-36-28-21-39(29-10-3-7-23-6-2-9-27(34)31(23)29)16-13-26(28)32(37-33)40-17-18-41(24(20-40)12-14-35)30(43)11-5-19-42;;;;;;;;/h3-4,6-9,11-12,28-30H,5,10,13-14,16-25H2,1-2H3;4-5,7-8,10-11,24-25H,1,6,9,12-13,15-21H2,2-3H3;2-3,5-7,9-11,24-25,42H,4,8,12-13,15-22H2,1H3;2*1H4;6*1H2/b12-6+;;11-5+;;;;;;;;/t29-,30-;2*24-,25-;;;;;;;;/m000......../s1. The van der Waals surface area contributed by atoms with Crippen molar-refractivity contribution in [3.8, 4) is 36.2 Å². The summed E-state index contributed by atoms with van der Waals surface area (Å²) in [7, 11) is 7.82. The highest BCUT2D eigenvalue weighted by Gasteiger charge is 2.41. The number of hydrogen-bond acceptors (Lipinski definition) is 27. The van der Waals surface area contributed by atoms with Crippen LogP contribution in [0.1, 0.15) is 112 Å². The summed E-state index contributed by atoms with van der Waals surface area (Å²) in [6.45, 7) is 20.6. The van der Waals surface area contributed by atoms with Crippen LogP contribution in [0.15, 0.2) is 146 Å². The van der Waals surface area contributed by atoms with Gasteiger partial charge in [0.15, 0.2) is 5.76 Å². The van der Waals surface area contributed by atoms with Gasteiger partial charge in [0.2, 0.25) is 11.8 Å². The predicted octanol–water partition coefficient (Wildman–Crippen LogP) is 14.3. The van der Waals surface area contributed by atoms with E-state index in [0.717, 1.165) is 191 Å². The van der Waals surface area contributed by atoms with Gasteiger partial charge in [-0.1, -0.05) is 136 Å². The molecule has 10 aliphatic rings. The van der Waals surface area contributed by atoms with Gasteiger partial charge in [-0.2, -0.15) is 127 Å². The number of ether oxygens (including phenoxy) is 4. The summed E-state index contributed by atoms with van der Waals surface area (Å²) in [5.74, 6) is 1.98. The molecule has 9 aromatic rings. The monoisotopic (exact) mass is 2120 g/mol. The number of aromatic nitrogens is 6. The van der Waals surface area contributed by atoms with Crippen molar-refractivity contribution in [2.75, 3.05) is 202 Å². The number of likely N-dealkylation sites (N-methyl/N-ethyl adjacent to an activating group) is 3. The molecule has 0 saturated carbocycles. The molecule has 3 aromatic heterocycles. The van der Waals surface area contributed by atoms with E-state index in [0.29, 0.717) is 154 Å². The number of fused-ring (bicyclic) bond motifs is 6. The van der Waals surface area contributed by atoms with E-state index in [1.807, 2.05) is 29.2 Å². The Morgan fingerprint density at radius 3 is 1.14 bits per heavy atom. The minimum absolute atomic E-state index is 0. The van der Waals surface area contributed by atoms with Gasteiger partial charge in [0.25, 0.3) is 5.91 Å². The maximum atomic E-state index is 13.3. The zero-order valence-corrected chi connectivity index (χ0v) is 88.9. The lowest BCUT2D eigenvalue weighted by Gasteiger charge is -2.42. The van der Waals surface area contributed by atoms with Crippen molar-refractivity contribution < 1.29 is 42.8 Å². The molecule has 776 valence electrons. The molecule has 0 aliphatic carbocycles. The van der Waals surface area contributed by atoms with E-state index in [4.69, 9.17) is 77.2 Å². The summed E-state index contributed by atoms with van der Waals surface area (Å²) in [4.78, 5) is 96.8. The highest BCUT2D eigenvalue weighted by atomic mass is 35.5. The van der Waals surface area contributed by atoms with E-state index in [1.54, 1.807) is 26.9 Å². The minimum atomic E-state index is -0.768. The molecule has 7 fully saturated rings. The zero-order valence-electron chi connectivity index (χ0n) is 81.4. The van der Waals surface area contributed by atoms with Crippen LogP contribution >= 0.6 is 104 Å². The molecule has 6 atom stereocenters. The number of carbonyl (C=O) groups excluding carboxylic acids is 3. The molecule has 6 aromatic carbocycles. The number of aliphatic hydroxyl groups excluding tert-OH is 1. The number of alkyl halides is 1. The first kappa shape index (κ1) is 117. The smallest absolute Gasteiger partial charge is 0.318 e. The topological polar surface area (TPSA) is 299 Å². The average molecular weight is 2120 g/mol. The first-order valence-corrected chi connectivity index (χ1v) is 48.5. The van der Waals surface area contributed by atoms with Crippen LogP contribution in [0, 0.1) is 40.9 Å². The zero-order chi connectivity index (χ0) is 94.6. The molecule has 144 heavy (non-hydrogen) atoms. The molecule has 0 radical (unpaired) electrons. The third kappa shape index (κ3) is 26.9. The van der Waals surface area contributed by atoms with Crippen molar-refractivity contribution in [1.82, 2.24) is 64.2 Å². The number of benzene rings is 6. The summed E-state index contributed by atoms with van der Waals surface area (Å²) >= 11 is 13.4. The van der Waals surface area contributed by atoms with Gasteiger partial charge in [-0.15, -0.1) is 0 Å². The number of carbonyl (C=O) groups is 3. The summed E-state index contributed by atoms with van der Waals surface area (Å²) < 4.78 is 37.2. The Bertz CT molecular complexity index is 6090. The number of methoxy groups -OCH3 is 1. The molecule has 1 N–H and O–H groups in total.